The standard InChI is InChI=1S/C28H48O4/c1-3-5-7-9-10-11-12-17-21-25-28(31)32-26(22-18-14-8-6-4-2)23-19-15-13-16-20-24-27(29)30/h6,8,18-19,22-23,26H,3-5,7,9-17,20-21,24-25H2,1-2H3,(H,29,30)/b8-6-,22-18-,23-19-. The summed E-state index contributed by atoms with van der Waals surface area (Å²) in [4.78, 5) is 22.8. The summed E-state index contributed by atoms with van der Waals surface area (Å²) < 4.78 is 5.67. The quantitative estimate of drug-likeness (QED) is 0.103. The van der Waals surface area contributed by atoms with E-state index in [9.17, 15) is 9.59 Å². The van der Waals surface area contributed by atoms with Crippen molar-refractivity contribution in [2.24, 2.45) is 0 Å². The Kier molecular flexibility index (Phi) is 22.4. The molecule has 0 aromatic carbocycles. The fraction of sp³-hybridized carbons (Fsp3) is 0.714. The van der Waals surface area contributed by atoms with Crippen LogP contribution in [0.4, 0.5) is 0 Å². The predicted molar refractivity (Wildman–Crippen MR) is 135 cm³/mol. The van der Waals surface area contributed by atoms with E-state index in [1.807, 2.05) is 24.3 Å². The molecule has 0 saturated heterocycles. The topological polar surface area (TPSA) is 63.6 Å². The van der Waals surface area contributed by atoms with Crippen LogP contribution in [0.1, 0.15) is 123 Å². The van der Waals surface area contributed by atoms with Crippen LogP contribution in [0, 0.1) is 0 Å². The number of hydrogen-bond acceptors (Lipinski definition) is 3. The molecule has 4 heteroatoms. The summed E-state index contributed by atoms with van der Waals surface area (Å²) in [7, 11) is 0. The molecule has 0 aliphatic heterocycles. The molecule has 0 aliphatic carbocycles. The van der Waals surface area contributed by atoms with Crippen LogP contribution in [-0.2, 0) is 14.3 Å². The van der Waals surface area contributed by atoms with Crippen molar-refractivity contribution >= 4 is 11.9 Å². The Hall–Kier alpha value is -1.84. The minimum Gasteiger partial charge on any atom is -0.481 e. The van der Waals surface area contributed by atoms with Crippen LogP contribution in [0.3, 0.4) is 0 Å². The van der Waals surface area contributed by atoms with Gasteiger partial charge in [0.2, 0.25) is 0 Å². The Bertz CT molecular complexity index is 534. The lowest BCUT2D eigenvalue weighted by molar-refractivity contribution is -0.145. The van der Waals surface area contributed by atoms with Gasteiger partial charge in [0.25, 0.3) is 0 Å². The zero-order chi connectivity index (χ0) is 23.7. The second-order valence-corrected chi connectivity index (χ2v) is 8.50. The first kappa shape index (κ1) is 30.2. The van der Waals surface area contributed by atoms with Gasteiger partial charge in [-0.3, -0.25) is 9.59 Å². The molecule has 0 rings (SSSR count). The summed E-state index contributed by atoms with van der Waals surface area (Å²) in [6.45, 7) is 4.35. The number of aliphatic carboxylic acids is 1. The number of carboxylic acids is 1. The maximum atomic E-state index is 12.3. The second-order valence-electron chi connectivity index (χ2n) is 8.50. The van der Waals surface area contributed by atoms with Crippen molar-refractivity contribution < 1.29 is 19.4 Å². The number of unbranched alkanes of at least 4 members (excludes halogenated alkanes) is 11. The monoisotopic (exact) mass is 448 g/mol. The van der Waals surface area contributed by atoms with Crippen LogP contribution in [0.5, 0.6) is 0 Å². The fourth-order valence-electron chi connectivity index (χ4n) is 3.43. The maximum absolute atomic E-state index is 12.3. The lowest BCUT2D eigenvalue weighted by atomic mass is 10.1. The summed E-state index contributed by atoms with van der Waals surface area (Å²) in [6, 6.07) is 0. The molecule has 0 fully saturated rings. The van der Waals surface area contributed by atoms with Crippen LogP contribution >= 0.6 is 0 Å². The molecule has 0 spiro atoms. The van der Waals surface area contributed by atoms with Gasteiger partial charge < -0.3 is 9.84 Å². The Labute approximate surface area is 197 Å². The van der Waals surface area contributed by atoms with Crippen molar-refractivity contribution in [2.75, 3.05) is 0 Å². The molecule has 0 saturated carbocycles. The van der Waals surface area contributed by atoms with Crippen LogP contribution in [-0.4, -0.2) is 23.1 Å². The summed E-state index contributed by atoms with van der Waals surface area (Å²) in [6.07, 6.45) is 29.0. The first-order valence-electron chi connectivity index (χ1n) is 13.0. The van der Waals surface area contributed by atoms with Gasteiger partial charge in [-0.25, -0.2) is 0 Å². The molecule has 4 nitrogen and oxygen atoms in total. The molecule has 1 unspecified atom stereocenters. The van der Waals surface area contributed by atoms with E-state index >= 15 is 0 Å². The maximum Gasteiger partial charge on any atom is 0.306 e. The van der Waals surface area contributed by atoms with Gasteiger partial charge >= 0.3 is 11.9 Å². The highest BCUT2D eigenvalue weighted by Gasteiger charge is 2.08. The number of carbonyl (C=O) groups is 2. The largest absolute Gasteiger partial charge is 0.481 e. The lowest BCUT2D eigenvalue weighted by Gasteiger charge is -2.11. The lowest BCUT2D eigenvalue weighted by Crippen LogP contribution is -2.13. The molecule has 0 aromatic rings. The third kappa shape index (κ3) is 22.8. The first-order valence-corrected chi connectivity index (χ1v) is 13.0. The third-order valence-electron chi connectivity index (χ3n) is 5.34. The number of esters is 1. The Morgan fingerprint density at radius 1 is 0.719 bits per heavy atom. The highest BCUT2D eigenvalue weighted by atomic mass is 16.5. The average Bonchev–Trinajstić information content (AvgIpc) is 2.76. The second kappa shape index (κ2) is 23.8. The molecule has 32 heavy (non-hydrogen) atoms. The molecule has 0 heterocycles. The van der Waals surface area contributed by atoms with E-state index in [1.54, 1.807) is 0 Å². The smallest absolute Gasteiger partial charge is 0.306 e. The van der Waals surface area contributed by atoms with Gasteiger partial charge in [0.1, 0.15) is 6.10 Å². The molecule has 0 aromatic heterocycles. The fourth-order valence-corrected chi connectivity index (χ4v) is 3.43. The van der Waals surface area contributed by atoms with Gasteiger partial charge in [0, 0.05) is 12.8 Å². The third-order valence-corrected chi connectivity index (χ3v) is 5.34. The van der Waals surface area contributed by atoms with E-state index < -0.39 is 5.97 Å². The van der Waals surface area contributed by atoms with Crippen molar-refractivity contribution in [1.29, 1.82) is 0 Å². The molecule has 0 aliphatic rings. The van der Waals surface area contributed by atoms with Gasteiger partial charge in [0.05, 0.1) is 0 Å². The molecular formula is C28H48O4. The number of rotatable bonds is 22. The molecular weight excluding hydrogens is 400 g/mol. The van der Waals surface area contributed by atoms with E-state index in [1.165, 1.54) is 44.9 Å². The van der Waals surface area contributed by atoms with Gasteiger partial charge in [-0.05, 0) is 50.7 Å². The molecule has 184 valence electrons. The predicted octanol–water partition coefficient (Wildman–Crippen LogP) is 8.32. The molecule has 0 radical (unpaired) electrons. The van der Waals surface area contributed by atoms with Crippen LogP contribution < -0.4 is 0 Å². The average molecular weight is 449 g/mol. The molecule has 1 atom stereocenters. The van der Waals surface area contributed by atoms with Crippen LogP contribution in [0.15, 0.2) is 36.5 Å². The van der Waals surface area contributed by atoms with Crippen molar-refractivity contribution in [3.8, 4) is 0 Å². The summed E-state index contributed by atoms with van der Waals surface area (Å²) in [5.74, 6) is -0.862. The molecule has 0 bridgehead atoms. The zero-order valence-corrected chi connectivity index (χ0v) is 20.7. The molecule has 1 N–H and O–H groups in total. The number of carbonyl (C=O) groups excluding carboxylic acids is 1. The zero-order valence-electron chi connectivity index (χ0n) is 20.7. The minimum atomic E-state index is -0.734. The number of allylic oxidation sites excluding steroid dienone is 4. The summed E-state index contributed by atoms with van der Waals surface area (Å²) in [5.41, 5.74) is 0. The normalized spacial score (nSPS) is 12.8. The van der Waals surface area contributed by atoms with Crippen molar-refractivity contribution in [3.63, 3.8) is 0 Å². The Balaban J connectivity index is 4.20. The van der Waals surface area contributed by atoms with E-state index in [4.69, 9.17) is 9.84 Å². The van der Waals surface area contributed by atoms with E-state index in [-0.39, 0.29) is 18.5 Å². The minimum absolute atomic E-state index is 0.127. The number of hydrogen-bond donors (Lipinski definition) is 1. The Morgan fingerprint density at radius 2 is 1.31 bits per heavy atom. The van der Waals surface area contributed by atoms with Gasteiger partial charge in [0.15, 0.2) is 0 Å². The summed E-state index contributed by atoms with van der Waals surface area (Å²) in [5, 5.41) is 8.68. The van der Waals surface area contributed by atoms with Gasteiger partial charge in [-0.2, -0.15) is 0 Å². The van der Waals surface area contributed by atoms with E-state index in [0.717, 1.165) is 44.9 Å². The highest BCUT2D eigenvalue weighted by Crippen LogP contribution is 2.12. The Morgan fingerprint density at radius 3 is 1.97 bits per heavy atom. The first-order chi connectivity index (χ1) is 15.6. The van der Waals surface area contributed by atoms with Crippen molar-refractivity contribution in [3.05, 3.63) is 36.5 Å². The van der Waals surface area contributed by atoms with Crippen molar-refractivity contribution in [1.82, 2.24) is 0 Å². The van der Waals surface area contributed by atoms with E-state index in [2.05, 4.69) is 26.0 Å². The van der Waals surface area contributed by atoms with Crippen molar-refractivity contribution in [2.45, 2.75) is 129 Å². The van der Waals surface area contributed by atoms with Gasteiger partial charge in [-0.1, -0.05) is 95.9 Å². The van der Waals surface area contributed by atoms with E-state index in [0.29, 0.717) is 12.8 Å². The highest BCUT2D eigenvalue weighted by molar-refractivity contribution is 5.69. The van der Waals surface area contributed by atoms with Crippen LogP contribution in [0.25, 0.3) is 0 Å². The number of ether oxygens (including phenoxy) is 1. The number of carboxylic acid groups (broad SMARTS) is 1. The van der Waals surface area contributed by atoms with Gasteiger partial charge in [-0.15, -0.1) is 0 Å². The molecule has 0 amide bonds. The SMILES string of the molecule is CC/C=C\C/C=C\C(/C=C\CCCCCC(=O)O)OC(=O)CCCCCCCCCCC. The van der Waals surface area contributed by atoms with Crippen LogP contribution in [0.2, 0.25) is 0 Å². The summed E-state index contributed by atoms with van der Waals surface area (Å²) >= 11 is 0.